The van der Waals surface area contributed by atoms with Crippen molar-refractivity contribution in [3.8, 4) is 0 Å². The van der Waals surface area contributed by atoms with E-state index in [0.717, 1.165) is 19.6 Å². The van der Waals surface area contributed by atoms with Gasteiger partial charge in [-0.2, -0.15) is 0 Å². The lowest BCUT2D eigenvalue weighted by Crippen LogP contribution is -2.09. The molecule has 0 aliphatic rings. The van der Waals surface area contributed by atoms with Gasteiger partial charge in [-0.05, 0) is 12.5 Å². The van der Waals surface area contributed by atoms with E-state index in [9.17, 15) is 0 Å². The van der Waals surface area contributed by atoms with Crippen LogP contribution in [0.15, 0.2) is 24.3 Å². The molecule has 2 nitrogen and oxygen atoms in total. The second-order valence-electron chi connectivity index (χ2n) is 5.04. The van der Waals surface area contributed by atoms with Gasteiger partial charge in [0.05, 0.1) is 11.6 Å². The molecule has 104 valence electrons. The zero-order chi connectivity index (χ0) is 13.7. The minimum absolute atomic E-state index is 0.723. The molecule has 0 radical (unpaired) electrons. The van der Waals surface area contributed by atoms with Crippen LogP contribution in [0, 0.1) is 0 Å². The molecule has 2 aromatic rings. The summed E-state index contributed by atoms with van der Waals surface area (Å²) in [6, 6.07) is 8.59. The molecule has 0 spiro atoms. The molecule has 0 atom stereocenters. The Labute approximate surface area is 120 Å². The number of benzene rings is 1. The minimum Gasteiger partial charge on any atom is -0.377 e. The first-order valence-corrected chi connectivity index (χ1v) is 7.81. The molecule has 0 aliphatic carbocycles. The standard InChI is InChI=1S/C16H23NOS/c1-4-5-8-11-18-12-14-13-9-6-7-10-15(13)19-16(14)17(2)3/h6-7,9-10H,4-5,8,11-12H2,1-3H3. The Morgan fingerprint density at radius 2 is 1.95 bits per heavy atom. The van der Waals surface area contributed by atoms with E-state index >= 15 is 0 Å². The minimum atomic E-state index is 0.723. The van der Waals surface area contributed by atoms with Crippen molar-refractivity contribution in [1.82, 2.24) is 0 Å². The second-order valence-corrected chi connectivity index (χ2v) is 6.07. The third kappa shape index (κ3) is 3.48. The Morgan fingerprint density at radius 3 is 2.68 bits per heavy atom. The highest BCUT2D eigenvalue weighted by Crippen LogP contribution is 2.37. The molecule has 0 amide bonds. The monoisotopic (exact) mass is 277 g/mol. The molecule has 19 heavy (non-hydrogen) atoms. The molecule has 3 heteroatoms. The smallest absolute Gasteiger partial charge is 0.0971 e. The molecule has 0 unspecified atom stereocenters. The average Bonchev–Trinajstić information content (AvgIpc) is 2.78. The fourth-order valence-electron chi connectivity index (χ4n) is 2.21. The van der Waals surface area contributed by atoms with Gasteiger partial charge in [0, 0.05) is 36.4 Å². The highest BCUT2D eigenvalue weighted by molar-refractivity contribution is 7.23. The van der Waals surface area contributed by atoms with Gasteiger partial charge < -0.3 is 9.64 Å². The molecule has 0 bridgehead atoms. The molecule has 1 heterocycles. The molecule has 1 aromatic heterocycles. The zero-order valence-corrected chi connectivity index (χ0v) is 12.9. The van der Waals surface area contributed by atoms with Gasteiger partial charge in [0.25, 0.3) is 0 Å². The molecular weight excluding hydrogens is 254 g/mol. The summed E-state index contributed by atoms with van der Waals surface area (Å²) in [6.45, 7) is 3.81. The molecule has 1 aromatic carbocycles. The second kappa shape index (κ2) is 6.92. The first-order valence-electron chi connectivity index (χ1n) is 6.99. The number of thiophene rings is 1. The molecule has 0 saturated heterocycles. The van der Waals surface area contributed by atoms with Crippen LogP contribution in [-0.4, -0.2) is 20.7 Å². The number of ether oxygens (including phenoxy) is 1. The van der Waals surface area contributed by atoms with Gasteiger partial charge in [0.1, 0.15) is 0 Å². The van der Waals surface area contributed by atoms with Crippen LogP contribution >= 0.6 is 11.3 Å². The average molecular weight is 277 g/mol. The predicted octanol–water partition coefficient (Wildman–Crippen LogP) is 4.67. The summed E-state index contributed by atoms with van der Waals surface area (Å²) in [6.07, 6.45) is 3.66. The Kier molecular flexibility index (Phi) is 5.23. The highest BCUT2D eigenvalue weighted by atomic mass is 32.1. The number of rotatable bonds is 7. The van der Waals surface area contributed by atoms with E-state index in [-0.39, 0.29) is 0 Å². The van der Waals surface area contributed by atoms with Crippen LogP contribution in [0.1, 0.15) is 31.7 Å². The van der Waals surface area contributed by atoms with Crippen LogP contribution in [0.5, 0.6) is 0 Å². The Hall–Kier alpha value is -1.06. The summed E-state index contributed by atoms with van der Waals surface area (Å²) in [5, 5.41) is 2.66. The van der Waals surface area contributed by atoms with Crippen molar-refractivity contribution in [3.05, 3.63) is 29.8 Å². The van der Waals surface area contributed by atoms with Gasteiger partial charge in [0.15, 0.2) is 0 Å². The van der Waals surface area contributed by atoms with Crippen LogP contribution in [0.25, 0.3) is 10.1 Å². The largest absolute Gasteiger partial charge is 0.377 e. The third-order valence-electron chi connectivity index (χ3n) is 3.22. The van der Waals surface area contributed by atoms with Crippen LogP contribution in [0.4, 0.5) is 5.00 Å². The number of hydrogen-bond acceptors (Lipinski definition) is 3. The van der Waals surface area contributed by atoms with E-state index in [1.807, 2.05) is 11.3 Å². The van der Waals surface area contributed by atoms with Crippen molar-refractivity contribution in [1.29, 1.82) is 0 Å². The van der Waals surface area contributed by atoms with Crippen molar-refractivity contribution in [2.24, 2.45) is 0 Å². The number of nitrogens with zero attached hydrogens (tertiary/aromatic N) is 1. The summed E-state index contributed by atoms with van der Waals surface area (Å²) in [5.74, 6) is 0. The maximum Gasteiger partial charge on any atom is 0.0971 e. The maximum absolute atomic E-state index is 5.86. The summed E-state index contributed by atoms with van der Waals surface area (Å²) < 4.78 is 7.20. The van der Waals surface area contributed by atoms with Gasteiger partial charge in [-0.15, -0.1) is 11.3 Å². The van der Waals surface area contributed by atoms with Gasteiger partial charge in [-0.3, -0.25) is 0 Å². The molecule has 0 fully saturated rings. The van der Waals surface area contributed by atoms with E-state index in [1.165, 1.54) is 33.5 Å². The molecule has 2 rings (SSSR count). The fraction of sp³-hybridized carbons (Fsp3) is 0.500. The van der Waals surface area contributed by atoms with E-state index in [4.69, 9.17) is 4.74 Å². The highest BCUT2D eigenvalue weighted by Gasteiger charge is 2.13. The van der Waals surface area contributed by atoms with Crippen molar-refractivity contribution < 1.29 is 4.74 Å². The lowest BCUT2D eigenvalue weighted by molar-refractivity contribution is 0.118. The Bertz CT molecular complexity index is 518. The van der Waals surface area contributed by atoms with Crippen molar-refractivity contribution in [2.75, 3.05) is 25.6 Å². The first kappa shape index (κ1) is 14.4. The van der Waals surface area contributed by atoms with E-state index in [0.29, 0.717) is 0 Å². The lowest BCUT2D eigenvalue weighted by atomic mass is 10.1. The number of hydrogen-bond donors (Lipinski definition) is 0. The quantitative estimate of drug-likeness (QED) is 0.682. The summed E-state index contributed by atoms with van der Waals surface area (Å²) in [4.78, 5) is 2.19. The van der Waals surface area contributed by atoms with Crippen LogP contribution in [0.3, 0.4) is 0 Å². The van der Waals surface area contributed by atoms with Crippen LogP contribution in [-0.2, 0) is 11.3 Å². The summed E-state index contributed by atoms with van der Waals surface area (Å²) in [5.41, 5.74) is 1.34. The maximum atomic E-state index is 5.86. The van der Waals surface area contributed by atoms with E-state index in [1.54, 1.807) is 0 Å². The summed E-state index contributed by atoms with van der Waals surface area (Å²) >= 11 is 1.85. The lowest BCUT2D eigenvalue weighted by Gasteiger charge is -2.13. The van der Waals surface area contributed by atoms with E-state index in [2.05, 4.69) is 50.2 Å². The normalized spacial score (nSPS) is 11.1. The fourth-order valence-corrected chi connectivity index (χ4v) is 3.35. The van der Waals surface area contributed by atoms with Crippen molar-refractivity contribution in [3.63, 3.8) is 0 Å². The van der Waals surface area contributed by atoms with Gasteiger partial charge >= 0.3 is 0 Å². The van der Waals surface area contributed by atoms with E-state index < -0.39 is 0 Å². The van der Waals surface area contributed by atoms with Gasteiger partial charge in [-0.25, -0.2) is 0 Å². The molecule has 0 saturated carbocycles. The number of fused-ring (bicyclic) bond motifs is 1. The number of unbranched alkanes of at least 4 members (excludes halogenated alkanes) is 2. The SMILES string of the molecule is CCCCCOCc1c(N(C)C)sc2ccccc12. The molecular formula is C16H23NOS. The van der Waals surface area contributed by atoms with Crippen molar-refractivity contribution in [2.45, 2.75) is 32.8 Å². The Morgan fingerprint density at radius 1 is 1.16 bits per heavy atom. The van der Waals surface area contributed by atoms with Crippen LogP contribution < -0.4 is 4.90 Å². The van der Waals surface area contributed by atoms with Crippen molar-refractivity contribution >= 4 is 26.4 Å². The Balaban J connectivity index is 2.13. The van der Waals surface area contributed by atoms with Crippen LogP contribution in [0.2, 0.25) is 0 Å². The van der Waals surface area contributed by atoms with Gasteiger partial charge in [0.2, 0.25) is 0 Å². The predicted molar refractivity (Wildman–Crippen MR) is 85.3 cm³/mol. The topological polar surface area (TPSA) is 12.5 Å². The summed E-state index contributed by atoms with van der Waals surface area (Å²) in [7, 11) is 4.20. The zero-order valence-electron chi connectivity index (χ0n) is 12.1. The molecule has 0 aliphatic heterocycles. The molecule has 0 N–H and O–H groups in total. The first-order chi connectivity index (χ1) is 9.24. The van der Waals surface area contributed by atoms with Gasteiger partial charge in [-0.1, -0.05) is 38.0 Å². The number of anilines is 1. The third-order valence-corrected chi connectivity index (χ3v) is 4.60.